The minimum atomic E-state index is -0.231. The number of amides is 2. The van der Waals surface area contributed by atoms with Gasteiger partial charge >= 0.3 is 0 Å². The zero-order valence-corrected chi connectivity index (χ0v) is 13.2. The molecule has 3 N–H and O–H groups in total. The molecule has 0 spiro atoms. The van der Waals surface area contributed by atoms with Crippen LogP contribution in [0.1, 0.15) is 12.8 Å². The monoisotopic (exact) mass is 304 g/mol. The van der Waals surface area contributed by atoms with Crippen molar-refractivity contribution in [2.24, 2.45) is 11.7 Å². The van der Waals surface area contributed by atoms with Gasteiger partial charge in [-0.15, -0.1) is 0 Å². The lowest BCUT2D eigenvalue weighted by atomic mass is 9.96. The lowest BCUT2D eigenvalue weighted by Crippen LogP contribution is -2.42. The van der Waals surface area contributed by atoms with E-state index >= 15 is 0 Å². The Morgan fingerprint density at radius 3 is 2.32 bits per heavy atom. The Balaban J connectivity index is 1.80. The highest BCUT2D eigenvalue weighted by molar-refractivity contribution is 5.92. The largest absolute Gasteiger partial charge is 0.378 e. The lowest BCUT2D eigenvalue weighted by Gasteiger charge is -2.29. The van der Waals surface area contributed by atoms with E-state index in [1.165, 1.54) is 0 Å². The number of anilines is 2. The number of likely N-dealkylation sites (tertiary alicyclic amines) is 1. The molecule has 1 heterocycles. The van der Waals surface area contributed by atoms with Gasteiger partial charge in [0.25, 0.3) is 0 Å². The highest BCUT2D eigenvalue weighted by Gasteiger charge is 2.24. The summed E-state index contributed by atoms with van der Waals surface area (Å²) in [6.07, 6.45) is 1.47. The fraction of sp³-hybridized carbons (Fsp3) is 0.500. The van der Waals surface area contributed by atoms with Crippen LogP contribution >= 0.6 is 0 Å². The molecule has 0 aromatic heterocycles. The number of nitrogens with one attached hydrogen (secondary N) is 1. The van der Waals surface area contributed by atoms with Gasteiger partial charge < -0.3 is 16.0 Å². The van der Waals surface area contributed by atoms with Crippen LogP contribution in [0.3, 0.4) is 0 Å². The molecule has 2 rings (SSSR count). The number of nitrogens with two attached hydrogens (primary N) is 1. The molecule has 0 unspecified atom stereocenters. The molecule has 1 saturated heterocycles. The topological polar surface area (TPSA) is 78.7 Å². The zero-order valence-electron chi connectivity index (χ0n) is 13.2. The molecule has 120 valence electrons. The molecule has 0 atom stereocenters. The van der Waals surface area contributed by atoms with Gasteiger partial charge in [-0.25, -0.2) is 0 Å². The van der Waals surface area contributed by atoms with E-state index in [4.69, 9.17) is 5.73 Å². The van der Waals surface area contributed by atoms with Crippen molar-refractivity contribution in [1.82, 2.24) is 4.90 Å². The van der Waals surface area contributed by atoms with E-state index in [2.05, 4.69) is 10.2 Å². The summed E-state index contributed by atoms with van der Waals surface area (Å²) in [5, 5.41) is 2.90. The summed E-state index contributed by atoms with van der Waals surface area (Å²) >= 11 is 0. The number of carbonyl (C=O) groups excluding carboxylic acids is 2. The van der Waals surface area contributed by atoms with Gasteiger partial charge in [0.05, 0.1) is 6.54 Å². The SMILES string of the molecule is CN(C)c1ccc(NC(=O)CN2CCC(C(N)=O)CC2)cc1. The molecular weight excluding hydrogens is 280 g/mol. The normalized spacial score (nSPS) is 16.3. The molecule has 1 aliphatic rings. The average molecular weight is 304 g/mol. The first-order valence-corrected chi connectivity index (χ1v) is 7.54. The van der Waals surface area contributed by atoms with E-state index in [1.807, 2.05) is 43.3 Å². The van der Waals surface area contributed by atoms with Crippen molar-refractivity contribution in [2.75, 3.05) is 43.9 Å². The maximum absolute atomic E-state index is 12.1. The number of nitrogens with zero attached hydrogens (tertiary/aromatic N) is 2. The van der Waals surface area contributed by atoms with Crippen molar-refractivity contribution in [3.05, 3.63) is 24.3 Å². The number of carbonyl (C=O) groups is 2. The average Bonchev–Trinajstić information content (AvgIpc) is 2.48. The number of primary amides is 1. The summed E-state index contributed by atoms with van der Waals surface area (Å²) < 4.78 is 0. The van der Waals surface area contributed by atoms with Crippen LogP contribution in [-0.2, 0) is 9.59 Å². The van der Waals surface area contributed by atoms with Crippen LogP contribution in [0.4, 0.5) is 11.4 Å². The van der Waals surface area contributed by atoms with Crippen LogP contribution in [0.25, 0.3) is 0 Å². The zero-order chi connectivity index (χ0) is 16.1. The molecular formula is C16H24N4O2. The molecule has 0 radical (unpaired) electrons. The molecule has 1 aromatic rings. The molecule has 1 fully saturated rings. The molecule has 0 bridgehead atoms. The van der Waals surface area contributed by atoms with E-state index in [9.17, 15) is 9.59 Å². The predicted molar refractivity (Wildman–Crippen MR) is 87.8 cm³/mol. The Hall–Kier alpha value is -2.08. The third-order valence-electron chi connectivity index (χ3n) is 4.02. The fourth-order valence-electron chi connectivity index (χ4n) is 2.62. The Bertz CT molecular complexity index is 519. The minimum absolute atomic E-state index is 0.0323. The molecule has 6 heteroatoms. The maximum Gasteiger partial charge on any atom is 0.238 e. The lowest BCUT2D eigenvalue weighted by molar-refractivity contribution is -0.123. The Kier molecular flexibility index (Phi) is 5.38. The number of hydrogen-bond acceptors (Lipinski definition) is 4. The van der Waals surface area contributed by atoms with Crippen molar-refractivity contribution >= 4 is 23.2 Å². The number of piperidine rings is 1. The van der Waals surface area contributed by atoms with Crippen LogP contribution in [-0.4, -0.2) is 50.4 Å². The Labute approximate surface area is 131 Å². The van der Waals surface area contributed by atoms with Crippen molar-refractivity contribution in [2.45, 2.75) is 12.8 Å². The molecule has 22 heavy (non-hydrogen) atoms. The third-order valence-corrected chi connectivity index (χ3v) is 4.02. The van der Waals surface area contributed by atoms with Gasteiger partial charge in [0.1, 0.15) is 0 Å². The van der Waals surface area contributed by atoms with Crippen LogP contribution in [0, 0.1) is 5.92 Å². The first-order valence-electron chi connectivity index (χ1n) is 7.54. The van der Waals surface area contributed by atoms with Gasteiger partial charge in [0, 0.05) is 31.4 Å². The Morgan fingerprint density at radius 2 is 1.82 bits per heavy atom. The second kappa shape index (κ2) is 7.26. The quantitative estimate of drug-likeness (QED) is 0.847. The standard InChI is InChI=1S/C16H24N4O2/c1-19(2)14-5-3-13(4-6-14)18-15(21)11-20-9-7-12(8-10-20)16(17)22/h3-6,12H,7-11H2,1-2H3,(H2,17,22)(H,18,21). The first-order chi connectivity index (χ1) is 10.5. The van der Waals surface area contributed by atoms with Crippen molar-refractivity contribution < 1.29 is 9.59 Å². The van der Waals surface area contributed by atoms with E-state index in [-0.39, 0.29) is 17.7 Å². The van der Waals surface area contributed by atoms with E-state index in [0.717, 1.165) is 37.3 Å². The summed E-state index contributed by atoms with van der Waals surface area (Å²) in [7, 11) is 3.95. The van der Waals surface area contributed by atoms with Crippen LogP contribution in [0.15, 0.2) is 24.3 Å². The molecule has 6 nitrogen and oxygen atoms in total. The summed E-state index contributed by atoms with van der Waals surface area (Å²) in [4.78, 5) is 27.2. The minimum Gasteiger partial charge on any atom is -0.378 e. The highest BCUT2D eigenvalue weighted by atomic mass is 16.2. The second-order valence-corrected chi connectivity index (χ2v) is 5.94. The molecule has 0 saturated carbocycles. The number of benzene rings is 1. The van der Waals surface area contributed by atoms with Gasteiger partial charge in [-0.05, 0) is 50.2 Å². The Morgan fingerprint density at radius 1 is 1.23 bits per heavy atom. The third kappa shape index (κ3) is 4.46. The smallest absolute Gasteiger partial charge is 0.238 e. The van der Waals surface area contributed by atoms with E-state index < -0.39 is 0 Å². The number of rotatable bonds is 5. The second-order valence-electron chi connectivity index (χ2n) is 5.94. The van der Waals surface area contributed by atoms with Crippen molar-refractivity contribution in [1.29, 1.82) is 0 Å². The maximum atomic E-state index is 12.1. The van der Waals surface area contributed by atoms with E-state index in [0.29, 0.717) is 6.54 Å². The first kappa shape index (κ1) is 16.3. The molecule has 0 aliphatic carbocycles. The molecule has 1 aliphatic heterocycles. The summed E-state index contributed by atoms with van der Waals surface area (Å²) in [6, 6.07) is 7.72. The van der Waals surface area contributed by atoms with Crippen LogP contribution < -0.4 is 16.0 Å². The van der Waals surface area contributed by atoms with Crippen molar-refractivity contribution in [3.8, 4) is 0 Å². The fourth-order valence-corrected chi connectivity index (χ4v) is 2.62. The van der Waals surface area contributed by atoms with Crippen molar-refractivity contribution in [3.63, 3.8) is 0 Å². The van der Waals surface area contributed by atoms with Gasteiger partial charge in [-0.3, -0.25) is 14.5 Å². The van der Waals surface area contributed by atoms with Gasteiger partial charge in [0.15, 0.2) is 0 Å². The summed E-state index contributed by atoms with van der Waals surface area (Å²) in [6.45, 7) is 1.82. The predicted octanol–water partition coefficient (Wildman–Crippen LogP) is 0.888. The summed E-state index contributed by atoms with van der Waals surface area (Å²) in [5.74, 6) is -0.307. The van der Waals surface area contributed by atoms with Gasteiger partial charge in [0.2, 0.25) is 11.8 Å². The summed E-state index contributed by atoms with van der Waals surface area (Å²) in [5.41, 5.74) is 7.19. The highest BCUT2D eigenvalue weighted by Crippen LogP contribution is 2.17. The van der Waals surface area contributed by atoms with Crippen LogP contribution in [0.5, 0.6) is 0 Å². The molecule has 1 aromatic carbocycles. The van der Waals surface area contributed by atoms with Crippen LogP contribution in [0.2, 0.25) is 0 Å². The number of hydrogen-bond donors (Lipinski definition) is 2. The van der Waals surface area contributed by atoms with Gasteiger partial charge in [-0.2, -0.15) is 0 Å². The van der Waals surface area contributed by atoms with E-state index in [1.54, 1.807) is 0 Å². The molecule has 2 amide bonds. The van der Waals surface area contributed by atoms with Gasteiger partial charge in [-0.1, -0.05) is 0 Å².